The van der Waals surface area contributed by atoms with Gasteiger partial charge in [-0.3, -0.25) is 15.4 Å². The molecule has 0 bridgehead atoms. The van der Waals surface area contributed by atoms with E-state index in [0.29, 0.717) is 17.9 Å². The topological polar surface area (TPSA) is 103 Å². The summed E-state index contributed by atoms with van der Waals surface area (Å²) in [5.41, 5.74) is 14.8. The van der Waals surface area contributed by atoms with Gasteiger partial charge in [0.1, 0.15) is 5.82 Å². The van der Waals surface area contributed by atoms with Crippen molar-refractivity contribution in [3.05, 3.63) is 108 Å². The molecule has 2 aliphatic rings. The lowest BCUT2D eigenvalue weighted by Gasteiger charge is -2.33. The molecule has 196 valence electrons. The number of pyridine rings is 3. The zero-order chi connectivity index (χ0) is 26.0. The Labute approximate surface area is 227 Å². The molecule has 1 saturated heterocycles. The molecule has 1 aliphatic carbocycles. The number of rotatable bonds is 7. The van der Waals surface area contributed by atoms with Crippen molar-refractivity contribution in [3.63, 3.8) is 0 Å². The van der Waals surface area contributed by atoms with E-state index < -0.39 is 0 Å². The van der Waals surface area contributed by atoms with Crippen LogP contribution in [-0.4, -0.2) is 31.0 Å². The van der Waals surface area contributed by atoms with Crippen LogP contribution in [0.4, 0.5) is 0 Å². The fourth-order valence-corrected chi connectivity index (χ4v) is 6.24. The first-order valence-electron chi connectivity index (χ1n) is 13.8. The maximum atomic E-state index is 4.93. The van der Waals surface area contributed by atoms with Gasteiger partial charge in [0, 0.05) is 61.2 Å². The van der Waals surface area contributed by atoms with Crippen LogP contribution in [0.25, 0.3) is 22.3 Å². The normalized spacial score (nSPS) is 22.7. The van der Waals surface area contributed by atoms with Crippen LogP contribution in [0.15, 0.2) is 85.6 Å². The van der Waals surface area contributed by atoms with Crippen molar-refractivity contribution >= 4 is 11.2 Å². The van der Waals surface area contributed by atoms with Crippen molar-refractivity contribution in [1.29, 1.82) is 0 Å². The molecule has 1 aromatic carbocycles. The molecule has 39 heavy (non-hydrogen) atoms. The summed E-state index contributed by atoms with van der Waals surface area (Å²) in [6, 6.07) is 19.4. The van der Waals surface area contributed by atoms with Crippen LogP contribution >= 0.6 is 0 Å². The van der Waals surface area contributed by atoms with Crippen LogP contribution in [-0.2, 0) is 13.1 Å². The minimum absolute atomic E-state index is 0.0948. The van der Waals surface area contributed by atoms with E-state index in [1.165, 1.54) is 16.7 Å². The Kier molecular flexibility index (Phi) is 6.58. The van der Waals surface area contributed by atoms with E-state index in [-0.39, 0.29) is 6.04 Å². The molecule has 0 spiro atoms. The van der Waals surface area contributed by atoms with E-state index in [1.807, 2.05) is 30.7 Å². The molecule has 5 aromatic rings. The maximum Gasteiger partial charge on any atom is 0.178 e. The third kappa shape index (κ3) is 4.94. The quantitative estimate of drug-likeness (QED) is 0.246. The largest absolute Gasteiger partial charge is 0.339 e. The second-order valence-corrected chi connectivity index (χ2v) is 10.7. The highest BCUT2D eigenvalue weighted by Gasteiger charge is 2.42. The lowest BCUT2D eigenvalue weighted by molar-refractivity contribution is 0.274. The van der Waals surface area contributed by atoms with Crippen LogP contribution in [0.1, 0.15) is 53.7 Å². The molecule has 1 saturated carbocycles. The summed E-state index contributed by atoms with van der Waals surface area (Å²) in [5, 5.41) is 3.56. The molecule has 8 nitrogen and oxygen atoms in total. The molecule has 1 aliphatic heterocycles. The Hall–Kier alpha value is -3.98. The third-order valence-electron chi connectivity index (χ3n) is 8.22. The zero-order valence-electron chi connectivity index (χ0n) is 21.7. The highest BCUT2D eigenvalue weighted by Crippen LogP contribution is 2.44. The summed E-state index contributed by atoms with van der Waals surface area (Å²) in [6.07, 6.45) is 12.9. The Morgan fingerprint density at radius 1 is 0.846 bits per heavy atom. The monoisotopic (exact) mass is 516 g/mol. The molecular formula is C31H32N8. The number of H-pyrrole nitrogens is 1. The third-order valence-corrected chi connectivity index (χ3v) is 8.22. The number of hydrazine groups is 1. The average Bonchev–Trinajstić information content (AvgIpc) is 3.62. The predicted octanol–water partition coefficient (Wildman–Crippen LogP) is 4.81. The minimum atomic E-state index is 0.0948. The highest BCUT2D eigenvalue weighted by molar-refractivity contribution is 5.89. The van der Waals surface area contributed by atoms with Gasteiger partial charge in [-0.05, 0) is 59.9 Å². The first kappa shape index (κ1) is 24.1. The molecule has 0 amide bonds. The van der Waals surface area contributed by atoms with Crippen LogP contribution in [0.2, 0.25) is 0 Å². The molecule has 4 atom stereocenters. The number of benzene rings is 1. The standard InChI is InChI=1S/C31H32N8/c1-2-5-20(6-3-1)15-33-16-21-13-24(19-34-17-21)22-8-9-27-26(14-22)29(39-38-27)31-36-28-25(10-12-35-30(28)37-31)23-7-4-11-32-18-23/h1-7,10-13,17-19,22,26-27,29,33,38-39H,8-9,14-16H2,(H,35,36,37). The Balaban J connectivity index is 1.08. The molecule has 2 fully saturated rings. The number of nitrogens with one attached hydrogen (secondary N) is 4. The predicted molar refractivity (Wildman–Crippen MR) is 151 cm³/mol. The number of aromatic amines is 1. The summed E-state index contributed by atoms with van der Waals surface area (Å²) in [7, 11) is 0. The number of fused-ring (bicyclic) bond motifs is 2. The van der Waals surface area contributed by atoms with Crippen LogP contribution in [0.3, 0.4) is 0 Å². The van der Waals surface area contributed by atoms with Gasteiger partial charge in [-0.2, -0.15) is 0 Å². The molecule has 7 rings (SSSR count). The smallest absolute Gasteiger partial charge is 0.178 e. The van der Waals surface area contributed by atoms with Gasteiger partial charge in [-0.15, -0.1) is 0 Å². The van der Waals surface area contributed by atoms with Crippen molar-refractivity contribution in [2.75, 3.05) is 0 Å². The van der Waals surface area contributed by atoms with Crippen LogP contribution in [0.5, 0.6) is 0 Å². The van der Waals surface area contributed by atoms with Gasteiger partial charge in [0.25, 0.3) is 0 Å². The van der Waals surface area contributed by atoms with Gasteiger partial charge in [-0.1, -0.05) is 42.5 Å². The average molecular weight is 517 g/mol. The molecule has 8 heteroatoms. The highest BCUT2D eigenvalue weighted by atomic mass is 15.4. The summed E-state index contributed by atoms with van der Waals surface area (Å²) >= 11 is 0. The first-order chi connectivity index (χ1) is 19.3. The van der Waals surface area contributed by atoms with Crippen molar-refractivity contribution in [2.24, 2.45) is 5.92 Å². The van der Waals surface area contributed by atoms with Crippen molar-refractivity contribution in [1.82, 2.24) is 41.1 Å². The number of imidazole rings is 1. The number of hydrogen-bond acceptors (Lipinski definition) is 7. The zero-order valence-corrected chi connectivity index (χ0v) is 21.7. The molecular weight excluding hydrogens is 484 g/mol. The summed E-state index contributed by atoms with van der Waals surface area (Å²) in [6.45, 7) is 1.66. The second kappa shape index (κ2) is 10.6. The number of aromatic nitrogens is 5. The molecule has 4 N–H and O–H groups in total. The molecule has 4 unspecified atom stereocenters. The fraction of sp³-hybridized carbons (Fsp3) is 0.290. The van der Waals surface area contributed by atoms with Crippen molar-refractivity contribution in [2.45, 2.75) is 50.4 Å². The van der Waals surface area contributed by atoms with Gasteiger partial charge in [-0.25, -0.2) is 15.4 Å². The Bertz CT molecular complexity index is 1550. The summed E-state index contributed by atoms with van der Waals surface area (Å²) in [5.74, 6) is 1.84. The Morgan fingerprint density at radius 3 is 2.67 bits per heavy atom. The van der Waals surface area contributed by atoms with Gasteiger partial charge in [0.05, 0.1) is 11.6 Å². The van der Waals surface area contributed by atoms with Gasteiger partial charge >= 0.3 is 0 Å². The lowest BCUT2D eigenvalue weighted by atomic mass is 9.73. The lowest BCUT2D eigenvalue weighted by Crippen LogP contribution is -2.34. The van der Waals surface area contributed by atoms with Crippen LogP contribution in [0, 0.1) is 5.92 Å². The van der Waals surface area contributed by atoms with E-state index in [2.05, 4.69) is 84.8 Å². The first-order valence-corrected chi connectivity index (χ1v) is 13.8. The van der Waals surface area contributed by atoms with E-state index in [4.69, 9.17) is 4.98 Å². The SMILES string of the molecule is c1ccc(CNCc2cncc(C3CCC4NNC(c5nc6nccc(-c7cccnc7)c6[nH]5)C4C3)c2)cc1. The van der Waals surface area contributed by atoms with Gasteiger partial charge in [0.15, 0.2) is 5.65 Å². The number of nitrogens with zero attached hydrogens (tertiary/aromatic N) is 4. The minimum Gasteiger partial charge on any atom is -0.339 e. The van der Waals surface area contributed by atoms with E-state index in [0.717, 1.165) is 60.5 Å². The summed E-state index contributed by atoms with van der Waals surface area (Å²) in [4.78, 5) is 22.0. The van der Waals surface area contributed by atoms with Crippen molar-refractivity contribution in [3.8, 4) is 11.1 Å². The molecule has 4 aromatic heterocycles. The summed E-state index contributed by atoms with van der Waals surface area (Å²) < 4.78 is 0. The number of hydrogen-bond donors (Lipinski definition) is 4. The molecule has 0 radical (unpaired) electrons. The second-order valence-electron chi connectivity index (χ2n) is 10.7. The van der Waals surface area contributed by atoms with Gasteiger partial charge in [0.2, 0.25) is 0 Å². The molecule has 5 heterocycles. The Morgan fingerprint density at radius 2 is 1.77 bits per heavy atom. The van der Waals surface area contributed by atoms with Crippen molar-refractivity contribution < 1.29 is 0 Å². The van der Waals surface area contributed by atoms with E-state index in [9.17, 15) is 0 Å². The van der Waals surface area contributed by atoms with E-state index in [1.54, 1.807) is 6.20 Å². The maximum absolute atomic E-state index is 4.93. The van der Waals surface area contributed by atoms with Crippen LogP contribution < -0.4 is 16.2 Å². The fourth-order valence-electron chi connectivity index (χ4n) is 6.24. The van der Waals surface area contributed by atoms with Gasteiger partial charge < -0.3 is 10.3 Å². The van der Waals surface area contributed by atoms with E-state index >= 15 is 0 Å².